The molecule has 4 saturated heterocycles. The van der Waals surface area contributed by atoms with Gasteiger partial charge in [0.2, 0.25) is 0 Å². The first kappa shape index (κ1) is 30.7. The molecule has 43 heavy (non-hydrogen) atoms. The van der Waals surface area contributed by atoms with Gasteiger partial charge in [0.25, 0.3) is 0 Å². The summed E-state index contributed by atoms with van der Waals surface area (Å²) in [6.45, 7) is 0. The Kier molecular flexibility index (Phi) is 9.46. The van der Waals surface area contributed by atoms with E-state index in [1.165, 1.54) is 7.11 Å². The van der Waals surface area contributed by atoms with Crippen LogP contribution in [0.15, 0.2) is 60.7 Å². The van der Waals surface area contributed by atoms with E-state index < -0.39 is 36.0 Å². The van der Waals surface area contributed by atoms with Crippen molar-refractivity contribution in [1.29, 1.82) is 0 Å². The van der Waals surface area contributed by atoms with Crippen molar-refractivity contribution in [1.82, 2.24) is 9.80 Å². The fraction of sp³-hybridized carbons (Fsp3) is 0.515. The number of esters is 3. The van der Waals surface area contributed by atoms with Gasteiger partial charge in [-0.25, -0.2) is 9.59 Å². The average Bonchev–Trinajstić information content (AvgIpc) is 3.38. The highest BCUT2D eigenvalue weighted by atomic mass is 16.6. The lowest BCUT2D eigenvalue weighted by Gasteiger charge is -2.40. The summed E-state index contributed by atoms with van der Waals surface area (Å²) in [5, 5.41) is 9.51. The molecule has 10 nitrogen and oxygen atoms in total. The molecule has 6 rings (SSSR count). The summed E-state index contributed by atoms with van der Waals surface area (Å²) in [6, 6.07) is 18.4. The van der Waals surface area contributed by atoms with Gasteiger partial charge < -0.3 is 19.3 Å². The van der Waals surface area contributed by atoms with Crippen molar-refractivity contribution in [2.45, 2.75) is 74.9 Å². The largest absolute Gasteiger partial charge is 0.481 e. The Morgan fingerprint density at radius 1 is 0.674 bits per heavy atom. The van der Waals surface area contributed by atoms with Crippen LogP contribution in [0.4, 0.5) is 0 Å². The van der Waals surface area contributed by atoms with Crippen molar-refractivity contribution in [3.05, 3.63) is 71.8 Å². The molecular formula is C33H40N2O8. The van der Waals surface area contributed by atoms with Crippen LogP contribution in [0.2, 0.25) is 0 Å². The standard InChI is InChI=1S/C17H21NO4.C16H19NO4/c1-18-12-8-9-13(18)15(17(20)21-2)14(10-12)22-16(19)11-6-4-3-5-7-11;1-17-11-7-8-12(17)14(15(18)19)13(9-11)21-16(20)10-5-3-2-4-6-10/h3-7,12-15H,8-10H2,1-2H3;2-6,11-14H,7-9H2,1H3,(H,18,19)/t12?,13?,14-,15+;/m0./s1. The van der Waals surface area contributed by atoms with Crippen LogP contribution in [0.1, 0.15) is 59.2 Å². The number of methoxy groups -OCH3 is 1. The molecule has 0 aromatic heterocycles. The molecule has 4 aliphatic rings. The lowest BCUT2D eigenvalue weighted by Crippen LogP contribution is -2.53. The molecule has 4 fully saturated rings. The number of fused-ring (bicyclic) bond motifs is 4. The van der Waals surface area contributed by atoms with Gasteiger partial charge >= 0.3 is 23.9 Å². The second kappa shape index (κ2) is 13.3. The molecule has 8 atom stereocenters. The molecule has 230 valence electrons. The number of ether oxygens (including phenoxy) is 3. The number of rotatable bonds is 6. The van der Waals surface area contributed by atoms with E-state index in [1.54, 1.807) is 48.5 Å². The Bertz CT molecular complexity index is 1300. The predicted octanol–water partition coefficient (Wildman–Crippen LogP) is 3.65. The minimum atomic E-state index is -0.877. The van der Waals surface area contributed by atoms with Crippen LogP contribution in [0.5, 0.6) is 0 Å². The second-order valence-corrected chi connectivity index (χ2v) is 11.9. The lowest BCUT2D eigenvalue weighted by atomic mass is 9.87. The van der Waals surface area contributed by atoms with Gasteiger partial charge in [-0.2, -0.15) is 0 Å². The number of hydrogen-bond acceptors (Lipinski definition) is 9. The van der Waals surface area contributed by atoms with Gasteiger partial charge in [-0.05, 0) is 64.0 Å². The molecule has 0 radical (unpaired) electrons. The van der Waals surface area contributed by atoms with E-state index in [4.69, 9.17) is 14.2 Å². The molecule has 4 heterocycles. The molecule has 2 aromatic rings. The van der Waals surface area contributed by atoms with Gasteiger partial charge in [-0.1, -0.05) is 36.4 Å². The third kappa shape index (κ3) is 6.45. The molecule has 4 bridgehead atoms. The van der Waals surface area contributed by atoms with E-state index in [0.717, 1.165) is 25.7 Å². The minimum absolute atomic E-state index is 0.0326. The zero-order valence-corrected chi connectivity index (χ0v) is 24.8. The molecule has 4 aliphatic heterocycles. The van der Waals surface area contributed by atoms with Gasteiger partial charge in [0.05, 0.1) is 18.2 Å². The zero-order chi connectivity index (χ0) is 30.7. The van der Waals surface area contributed by atoms with Crippen molar-refractivity contribution in [3.63, 3.8) is 0 Å². The molecule has 10 heteroatoms. The van der Waals surface area contributed by atoms with Crippen LogP contribution >= 0.6 is 0 Å². The highest BCUT2D eigenvalue weighted by Gasteiger charge is 2.52. The number of hydrogen-bond donors (Lipinski definition) is 1. The monoisotopic (exact) mass is 592 g/mol. The highest BCUT2D eigenvalue weighted by molar-refractivity contribution is 5.90. The molecule has 0 saturated carbocycles. The first-order valence-electron chi connectivity index (χ1n) is 15.0. The van der Waals surface area contributed by atoms with Gasteiger partial charge in [-0.3, -0.25) is 19.4 Å². The first-order valence-corrected chi connectivity index (χ1v) is 15.0. The molecule has 6 unspecified atom stereocenters. The second-order valence-electron chi connectivity index (χ2n) is 11.9. The Hall–Kier alpha value is -3.76. The van der Waals surface area contributed by atoms with Gasteiger partial charge in [-0.15, -0.1) is 0 Å². The van der Waals surface area contributed by atoms with E-state index in [1.807, 2.05) is 26.2 Å². The first-order chi connectivity index (χ1) is 20.7. The molecule has 1 N–H and O–H groups in total. The molecular weight excluding hydrogens is 552 g/mol. The maximum Gasteiger partial charge on any atom is 0.338 e. The van der Waals surface area contributed by atoms with E-state index in [2.05, 4.69) is 9.80 Å². The number of aliphatic carboxylic acids is 1. The van der Waals surface area contributed by atoms with Crippen molar-refractivity contribution in [2.75, 3.05) is 21.2 Å². The SMILES string of the molecule is CN1C2CCC1C(C(=O)O)C(OC(=O)c1ccccc1)C2.COC(=O)[C@@H]1C2CCC(C[C@@H]1OC(=O)c1ccccc1)N2C. The number of carbonyl (C=O) groups excluding carboxylic acids is 3. The average molecular weight is 593 g/mol. The van der Waals surface area contributed by atoms with Gasteiger partial charge in [0, 0.05) is 37.0 Å². The highest BCUT2D eigenvalue weighted by Crippen LogP contribution is 2.41. The quantitative estimate of drug-likeness (QED) is 0.393. The summed E-state index contributed by atoms with van der Waals surface area (Å²) in [5.74, 6) is -3.01. The molecule has 0 amide bonds. The summed E-state index contributed by atoms with van der Waals surface area (Å²) < 4.78 is 16.2. The number of nitrogens with zero attached hydrogens (tertiary/aromatic N) is 2. The maximum atomic E-state index is 12.3. The van der Waals surface area contributed by atoms with Crippen molar-refractivity contribution in [3.8, 4) is 0 Å². The van der Waals surface area contributed by atoms with E-state index in [0.29, 0.717) is 36.1 Å². The van der Waals surface area contributed by atoms with E-state index >= 15 is 0 Å². The summed E-state index contributed by atoms with van der Waals surface area (Å²) in [5.41, 5.74) is 0.977. The third-order valence-electron chi connectivity index (χ3n) is 9.72. The van der Waals surface area contributed by atoms with Crippen LogP contribution in [0.3, 0.4) is 0 Å². The number of carboxylic acid groups (broad SMARTS) is 1. The fourth-order valence-electron chi connectivity index (χ4n) is 7.41. The Morgan fingerprint density at radius 2 is 1.09 bits per heavy atom. The molecule has 0 spiro atoms. The van der Waals surface area contributed by atoms with Crippen LogP contribution in [0, 0.1) is 11.8 Å². The Balaban J connectivity index is 0.000000171. The predicted molar refractivity (Wildman–Crippen MR) is 156 cm³/mol. The van der Waals surface area contributed by atoms with Crippen molar-refractivity contribution < 1.29 is 38.5 Å². The van der Waals surface area contributed by atoms with E-state index in [9.17, 15) is 24.3 Å². The van der Waals surface area contributed by atoms with Crippen LogP contribution in [0.25, 0.3) is 0 Å². The molecule has 0 aliphatic carbocycles. The smallest absolute Gasteiger partial charge is 0.338 e. The summed E-state index contributed by atoms with van der Waals surface area (Å²) >= 11 is 0. The van der Waals surface area contributed by atoms with Crippen LogP contribution in [-0.2, 0) is 23.8 Å². The third-order valence-corrected chi connectivity index (χ3v) is 9.72. The Labute approximate surface area is 251 Å². The van der Waals surface area contributed by atoms with Crippen LogP contribution < -0.4 is 0 Å². The normalized spacial score (nSPS) is 31.3. The Morgan fingerprint density at radius 3 is 1.51 bits per heavy atom. The van der Waals surface area contributed by atoms with Crippen LogP contribution in [-0.4, -0.2) is 96.4 Å². The lowest BCUT2D eigenvalue weighted by molar-refractivity contribution is -0.156. The number of carbonyl (C=O) groups is 4. The maximum absolute atomic E-state index is 12.3. The topological polar surface area (TPSA) is 123 Å². The summed E-state index contributed by atoms with van der Waals surface area (Å²) in [7, 11) is 5.39. The van der Waals surface area contributed by atoms with Gasteiger partial charge in [0.15, 0.2) is 0 Å². The van der Waals surface area contributed by atoms with Crippen molar-refractivity contribution >= 4 is 23.9 Å². The summed E-state index contributed by atoms with van der Waals surface area (Å²) in [4.78, 5) is 52.6. The molecule has 2 aromatic carbocycles. The number of carboxylic acids is 1. The zero-order valence-electron chi connectivity index (χ0n) is 24.8. The number of piperidine rings is 2. The summed E-state index contributed by atoms with van der Waals surface area (Å²) in [6.07, 6.45) is 4.15. The van der Waals surface area contributed by atoms with Gasteiger partial charge in [0.1, 0.15) is 24.0 Å². The van der Waals surface area contributed by atoms with E-state index in [-0.39, 0.29) is 24.0 Å². The minimum Gasteiger partial charge on any atom is -0.481 e. The fourth-order valence-corrected chi connectivity index (χ4v) is 7.41. The number of benzene rings is 2. The van der Waals surface area contributed by atoms with Crippen molar-refractivity contribution in [2.24, 2.45) is 11.8 Å².